The molecule has 72 valence electrons. The second-order valence-electron chi connectivity index (χ2n) is 3.09. The molecule has 0 aromatic heterocycles. The van der Waals surface area contributed by atoms with Crippen molar-refractivity contribution in [2.24, 2.45) is 4.99 Å². The van der Waals surface area contributed by atoms with Crippen LogP contribution < -0.4 is 0 Å². The maximum atomic E-state index is 5.92. The molecule has 0 aromatic carbocycles. The van der Waals surface area contributed by atoms with Crippen molar-refractivity contribution < 1.29 is 0 Å². The van der Waals surface area contributed by atoms with E-state index in [1.54, 1.807) is 7.05 Å². The molecule has 3 heteroatoms. The van der Waals surface area contributed by atoms with Crippen molar-refractivity contribution in [2.75, 3.05) is 14.1 Å². The van der Waals surface area contributed by atoms with E-state index in [1.165, 1.54) is 5.70 Å². The summed E-state index contributed by atoms with van der Waals surface area (Å²) < 4.78 is 0. The minimum Gasteiger partial charge on any atom is -0.337 e. The molecule has 0 N–H and O–H groups in total. The highest BCUT2D eigenvalue weighted by Crippen LogP contribution is 2.21. The van der Waals surface area contributed by atoms with Gasteiger partial charge in [0.1, 0.15) is 0 Å². The minimum atomic E-state index is 0.831. The Balaban J connectivity index is 2.78. The van der Waals surface area contributed by atoms with Crippen LogP contribution in [0, 0.1) is 0 Å². The third-order valence-corrected chi connectivity index (χ3v) is 2.55. The number of aliphatic imine (C=N–C) groups is 1. The average molecular weight is 199 g/mol. The van der Waals surface area contributed by atoms with Gasteiger partial charge in [0, 0.05) is 24.8 Å². The van der Waals surface area contributed by atoms with E-state index in [0.29, 0.717) is 0 Å². The third-order valence-electron chi connectivity index (χ3n) is 2.28. The SMILES string of the molecule is CN=C(C)N(C)C1=CC(Cl)=CCC1. The molecule has 13 heavy (non-hydrogen) atoms. The maximum absolute atomic E-state index is 5.92. The monoisotopic (exact) mass is 198 g/mol. The third kappa shape index (κ3) is 2.59. The Bertz CT molecular complexity index is 277. The summed E-state index contributed by atoms with van der Waals surface area (Å²) in [5, 5.41) is 0.831. The van der Waals surface area contributed by atoms with E-state index >= 15 is 0 Å². The first-order valence-electron chi connectivity index (χ1n) is 4.38. The van der Waals surface area contributed by atoms with Gasteiger partial charge in [0.05, 0.1) is 5.84 Å². The molecule has 0 aliphatic heterocycles. The Labute approximate surface area is 84.6 Å². The van der Waals surface area contributed by atoms with Crippen LogP contribution in [0.15, 0.2) is 27.9 Å². The lowest BCUT2D eigenvalue weighted by atomic mass is 10.1. The molecule has 0 aromatic rings. The summed E-state index contributed by atoms with van der Waals surface area (Å²) in [7, 11) is 3.82. The molecule has 0 radical (unpaired) electrons. The summed E-state index contributed by atoms with van der Waals surface area (Å²) in [5.74, 6) is 1.01. The number of allylic oxidation sites excluding steroid dienone is 4. The van der Waals surface area contributed by atoms with E-state index < -0.39 is 0 Å². The van der Waals surface area contributed by atoms with E-state index in [1.807, 2.05) is 26.1 Å². The highest BCUT2D eigenvalue weighted by Gasteiger charge is 2.09. The number of nitrogens with zero attached hydrogens (tertiary/aromatic N) is 2. The minimum absolute atomic E-state index is 0.831. The Morgan fingerprint density at radius 3 is 2.85 bits per heavy atom. The Morgan fingerprint density at radius 1 is 1.62 bits per heavy atom. The first-order chi connectivity index (χ1) is 6.15. The van der Waals surface area contributed by atoms with E-state index in [4.69, 9.17) is 11.6 Å². The molecule has 0 saturated carbocycles. The fraction of sp³-hybridized carbons (Fsp3) is 0.500. The van der Waals surface area contributed by atoms with Gasteiger partial charge >= 0.3 is 0 Å². The van der Waals surface area contributed by atoms with E-state index in [9.17, 15) is 0 Å². The molecule has 0 spiro atoms. The molecule has 0 unspecified atom stereocenters. The molecule has 1 aliphatic rings. The Kier molecular flexibility index (Phi) is 3.55. The summed E-state index contributed by atoms with van der Waals surface area (Å²) >= 11 is 5.92. The topological polar surface area (TPSA) is 15.6 Å². The lowest BCUT2D eigenvalue weighted by molar-refractivity contribution is 0.580. The molecule has 1 rings (SSSR count). The fourth-order valence-electron chi connectivity index (χ4n) is 1.27. The molecule has 0 fully saturated rings. The summed E-state index contributed by atoms with van der Waals surface area (Å²) in [6, 6.07) is 0. The fourth-order valence-corrected chi connectivity index (χ4v) is 1.51. The van der Waals surface area contributed by atoms with Crippen LogP contribution in [0.25, 0.3) is 0 Å². The van der Waals surface area contributed by atoms with Crippen LogP contribution in [-0.2, 0) is 0 Å². The normalized spacial score (nSPS) is 18.0. The molecule has 2 nitrogen and oxygen atoms in total. The van der Waals surface area contributed by atoms with Gasteiger partial charge in [-0.3, -0.25) is 4.99 Å². The molecule has 0 bridgehead atoms. The number of hydrogen-bond acceptors (Lipinski definition) is 1. The lowest BCUT2D eigenvalue weighted by Gasteiger charge is -2.23. The van der Waals surface area contributed by atoms with E-state index in [0.717, 1.165) is 23.7 Å². The summed E-state index contributed by atoms with van der Waals surface area (Å²) in [5.41, 5.74) is 1.23. The standard InChI is InChI=1S/C10H15ClN2/c1-8(12-2)13(3)10-6-4-5-9(11)7-10/h5,7H,4,6H2,1-3H3. The molecule has 0 atom stereocenters. The Morgan fingerprint density at radius 2 is 2.31 bits per heavy atom. The van der Waals surface area contributed by atoms with Crippen molar-refractivity contribution in [2.45, 2.75) is 19.8 Å². The van der Waals surface area contributed by atoms with Crippen LogP contribution in [0.2, 0.25) is 0 Å². The van der Waals surface area contributed by atoms with Gasteiger partial charge < -0.3 is 4.90 Å². The highest BCUT2D eigenvalue weighted by atomic mass is 35.5. The van der Waals surface area contributed by atoms with Crippen LogP contribution >= 0.6 is 11.6 Å². The lowest BCUT2D eigenvalue weighted by Crippen LogP contribution is -2.24. The predicted octanol–water partition coefficient (Wildman–Crippen LogP) is 2.77. The van der Waals surface area contributed by atoms with Gasteiger partial charge in [0.25, 0.3) is 0 Å². The molecule has 1 aliphatic carbocycles. The van der Waals surface area contributed by atoms with Gasteiger partial charge in [-0.25, -0.2) is 0 Å². The largest absolute Gasteiger partial charge is 0.337 e. The highest BCUT2D eigenvalue weighted by molar-refractivity contribution is 6.31. The summed E-state index contributed by atoms with van der Waals surface area (Å²) in [6.45, 7) is 1.99. The number of rotatable bonds is 1. The van der Waals surface area contributed by atoms with Crippen LogP contribution in [0.5, 0.6) is 0 Å². The smallest absolute Gasteiger partial charge is 0.0993 e. The quantitative estimate of drug-likeness (QED) is 0.467. The van der Waals surface area contributed by atoms with Crippen molar-refractivity contribution in [3.63, 3.8) is 0 Å². The van der Waals surface area contributed by atoms with Crippen molar-refractivity contribution in [1.29, 1.82) is 0 Å². The van der Waals surface area contributed by atoms with Gasteiger partial charge in [-0.1, -0.05) is 17.7 Å². The van der Waals surface area contributed by atoms with E-state index in [2.05, 4.69) is 9.89 Å². The Hall–Kier alpha value is -0.760. The first-order valence-corrected chi connectivity index (χ1v) is 4.76. The molecule has 0 saturated heterocycles. The zero-order valence-corrected chi connectivity index (χ0v) is 9.10. The molecule has 0 heterocycles. The average Bonchev–Trinajstić information content (AvgIpc) is 2.15. The van der Waals surface area contributed by atoms with Crippen molar-refractivity contribution in [1.82, 2.24) is 4.90 Å². The summed E-state index contributed by atoms with van der Waals surface area (Å²) in [6.07, 6.45) is 6.10. The molecule has 0 amide bonds. The summed E-state index contributed by atoms with van der Waals surface area (Å²) in [4.78, 5) is 6.21. The first kappa shape index (κ1) is 10.3. The van der Waals surface area contributed by atoms with Crippen molar-refractivity contribution >= 4 is 17.4 Å². The maximum Gasteiger partial charge on any atom is 0.0993 e. The van der Waals surface area contributed by atoms with Gasteiger partial charge in [-0.05, 0) is 25.8 Å². The second kappa shape index (κ2) is 4.47. The van der Waals surface area contributed by atoms with Crippen molar-refractivity contribution in [3.05, 3.63) is 22.9 Å². The number of halogens is 1. The molecular formula is C10H15ClN2. The zero-order valence-electron chi connectivity index (χ0n) is 8.34. The van der Waals surface area contributed by atoms with Crippen LogP contribution in [0.3, 0.4) is 0 Å². The van der Waals surface area contributed by atoms with Crippen LogP contribution in [0.1, 0.15) is 19.8 Å². The van der Waals surface area contributed by atoms with Gasteiger partial charge in [-0.15, -0.1) is 0 Å². The predicted molar refractivity (Wildman–Crippen MR) is 58.0 cm³/mol. The van der Waals surface area contributed by atoms with Crippen LogP contribution in [0.4, 0.5) is 0 Å². The van der Waals surface area contributed by atoms with E-state index in [-0.39, 0.29) is 0 Å². The zero-order chi connectivity index (χ0) is 9.84. The van der Waals surface area contributed by atoms with Gasteiger partial charge in [-0.2, -0.15) is 0 Å². The number of amidine groups is 1. The number of hydrogen-bond donors (Lipinski definition) is 0. The van der Waals surface area contributed by atoms with Crippen molar-refractivity contribution in [3.8, 4) is 0 Å². The second-order valence-corrected chi connectivity index (χ2v) is 3.53. The van der Waals surface area contributed by atoms with Gasteiger partial charge in [0.2, 0.25) is 0 Å². The van der Waals surface area contributed by atoms with Crippen LogP contribution in [-0.4, -0.2) is 24.8 Å². The molecular weight excluding hydrogens is 184 g/mol. The van der Waals surface area contributed by atoms with Gasteiger partial charge in [0.15, 0.2) is 0 Å².